The molecule has 7 heteroatoms. The third kappa shape index (κ3) is 5.72. The van der Waals surface area contributed by atoms with E-state index in [4.69, 9.17) is 9.47 Å². The molecular weight excluding hydrogens is 386 g/mol. The summed E-state index contributed by atoms with van der Waals surface area (Å²) in [5, 5.41) is 32.8. The second kappa shape index (κ2) is 10.4. The standard InChI is InChI=1S/C23H29NO6/c1-2-29-23(28)14-30-20-7-4-15-3-6-19(10-17(15)11-20)24-12-22(27)16-5-8-21(26)18(9-16)13-25/h4-5,7-9,11,19,22,24-27H,2-3,6,10,12-14H2,1H3/t19-,22?/m0/s1. The zero-order valence-corrected chi connectivity index (χ0v) is 17.1. The second-order valence-corrected chi connectivity index (χ2v) is 7.43. The van der Waals surface area contributed by atoms with Crippen LogP contribution in [0.3, 0.4) is 0 Å². The first-order valence-corrected chi connectivity index (χ1v) is 10.2. The topological polar surface area (TPSA) is 108 Å². The number of hydrogen-bond acceptors (Lipinski definition) is 7. The van der Waals surface area contributed by atoms with Gasteiger partial charge in [0.05, 0.1) is 19.3 Å². The molecule has 0 aromatic heterocycles. The predicted octanol–water partition coefficient (Wildman–Crippen LogP) is 2.01. The van der Waals surface area contributed by atoms with Crippen LogP contribution in [-0.2, 0) is 29.0 Å². The lowest BCUT2D eigenvalue weighted by atomic mass is 9.88. The maximum Gasteiger partial charge on any atom is 0.344 e. The highest BCUT2D eigenvalue weighted by Gasteiger charge is 2.20. The zero-order valence-electron chi connectivity index (χ0n) is 17.1. The lowest BCUT2D eigenvalue weighted by molar-refractivity contribution is -0.145. The molecule has 1 aliphatic rings. The third-order valence-corrected chi connectivity index (χ3v) is 5.33. The van der Waals surface area contributed by atoms with Crippen molar-refractivity contribution >= 4 is 5.97 Å². The molecule has 162 valence electrons. The molecule has 0 fully saturated rings. The van der Waals surface area contributed by atoms with Crippen molar-refractivity contribution in [2.45, 2.75) is 44.9 Å². The van der Waals surface area contributed by atoms with Gasteiger partial charge >= 0.3 is 5.97 Å². The Balaban J connectivity index is 1.55. The molecule has 7 nitrogen and oxygen atoms in total. The molecule has 2 aromatic carbocycles. The minimum absolute atomic E-state index is 0.0197. The molecule has 0 heterocycles. The summed E-state index contributed by atoms with van der Waals surface area (Å²) in [6.07, 6.45) is 1.95. The molecule has 1 unspecified atom stereocenters. The number of aryl methyl sites for hydroxylation is 1. The number of carbonyl (C=O) groups excluding carboxylic acids is 1. The number of aliphatic hydroxyl groups is 2. The van der Waals surface area contributed by atoms with Crippen molar-refractivity contribution in [2.75, 3.05) is 19.8 Å². The lowest BCUT2D eigenvalue weighted by Crippen LogP contribution is -2.37. The van der Waals surface area contributed by atoms with E-state index in [1.807, 2.05) is 18.2 Å². The van der Waals surface area contributed by atoms with Gasteiger partial charge in [-0.25, -0.2) is 4.79 Å². The smallest absolute Gasteiger partial charge is 0.344 e. The van der Waals surface area contributed by atoms with Gasteiger partial charge in [0.25, 0.3) is 0 Å². The number of ether oxygens (including phenoxy) is 2. The zero-order chi connectivity index (χ0) is 21.5. The Labute approximate surface area is 176 Å². The first-order chi connectivity index (χ1) is 14.5. The Morgan fingerprint density at radius 2 is 2.07 bits per heavy atom. The normalized spacial score (nSPS) is 16.6. The molecule has 0 radical (unpaired) electrons. The fourth-order valence-electron chi connectivity index (χ4n) is 3.68. The number of phenols is 1. The summed E-state index contributed by atoms with van der Waals surface area (Å²) in [6, 6.07) is 10.8. The van der Waals surface area contributed by atoms with E-state index in [0.717, 1.165) is 19.3 Å². The predicted molar refractivity (Wildman–Crippen MR) is 111 cm³/mol. The van der Waals surface area contributed by atoms with E-state index in [2.05, 4.69) is 5.32 Å². The van der Waals surface area contributed by atoms with Crippen LogP contribution < -0.4 is 10.1 Å². The van der Waals surface area contributed by atoms with E-state index in [1.165, 1.54) is 17.2 Å². The largest absolute Gasteiger partial charge is 0.508 e. The summed E-state index contributed by atoms with van der Waals surface area (Å²) in [4.78, 5) is 11.5. The molecular formula is C23H29NO6. The van der Waals surface area contributed by atoms with Crippen LogP contribution in [0, 0.1) is 0 Å². The number of esters is 1. The molecule has 0 amide bonds. The molecule has 0 saturated heterocycles. The number of rotatable bonds is 9. The minimum atomic E-state index is -0.739. The number of aromatic hydroxyl groups is 1. The molecule has 2 atom stereocenters. The maximum absolute atomic E-state index is 11.5. The van der Waals surface area contributed by atoms with E-state index in [-0.39, 0.29) is 31.0 Å². The first-order valence-electron chi connectivity index (χ1n) is 10.2. The summed E-state index contributed by atoms with van der Waals surface area (Å²) in [6.45, 7) is 2.07. The average Bonchev–Trinajstić information content (AvgIpc) is 2.76. The highest BCUT2D eigenvalue weighted by atomic mass is 16.6. The number of fused-ring (bicyclic) bond motifs is 1. The van der Waals surface area contributed by atoms with Crippen molar-refractivity contribution in [3.05, 3.63) is 58.7 Å². The number of carbonyl (C=O) groups is 1. The van der Waals surface area contributed by atoms with Gasteiger partial charge in [-0.1, -0.05) is 12.1 Å². The van der Waals surface area contributed by atoms with Crippen LogP contribution >= 0.6 is 0 Å². The molecule has 3 rings (SSSR count). The van der Waals surface area contributed by atoms with Gasteiger partial charge in [0.1, 0.15) is 11.5 Å². The van der Waals surface area contributed by atoms with Crippen LogP contribution in [0.4, 0.5) is 0 Å². The van der Waals surface area contributed by atoms with Gasteiger partial charge in [0.15, 0.2) is 6.61 Å². The van der Waals surface area contributed by atoms with Gasteiger partial charge in [-0.05, 0) is 67.1 Å². The van der Waals surface area contributed by atoms with Crippen molar-refractivity contribution in [3.8, 4) is 11.5 Å². The SMILES string of the molecule is CCOC(=O)COc1ccc2c(c1)C[C@@H](NCC(O)c1ccc(O)c(CO)c1)CC2. The molecule has 30 heavy (non-hydrogen) atoms. The Kier molecular flexibility index (Phi) is 7.68. The minimum Gasteiger partial charge on any atom is -0.508 e. The maximum atomic E-state index is 11.5. The lowest BCUT2D eigenvalue weighted by Gasteiger charge is -2.27. The third-order valence-electron chi connectivity index (χ3n) is 5.33. The molecule has 0 aliphatic heterocycles. The molecule has 4 N–H and O–H groups in total. The van der Waals surface area contributed by atoms with Crippen LogP contribution in [0.25, 0.3) is 0 Å². The fourth-order valence-corrected chi connectivity index (χ4v) is 3.68. The molecule has 0 bridgehead atoms. The summed E-state index contributed by atoms with van der Waals surface area (Å²) in [7, 11) is 0. The van der Waals surface area contributed by atoms with Crippen molar-refractivity contribution in [1.29, 1.82) is 0 Å². The Morgan fingerprint density at radius 1 is 1.23 bits per heavy atom. The fraction of sp³-hybridized carbons (Fsp3) is 0.435. The van der Waals surface area contributed by atoms with E-state index in [1.54, 1.807) is 19.1 Å². The van der Waals surface area contributed by atoms with Crippen LogP contribution in [0.1, 0.15) is 41.7 Å². The molecule has 2 aromatic rings. The van der Waals surface area contributed by atoms with Gasteiger partial charge < -0.3 is 30.1 Å². The number of hydrogen-bond donors (Lipinski definition) is 4. The molecule has 0 spiro atoms. The number of aliphatic hydroxyl groups excluding tert-OH is 2. The Hall–Kier alpha value is -2.61. The van der Waals surface area contributed by atoms with Crippen LogP contribution in [0.15, 0.2) is 36.4 Å². The van der Waals surface area contributed by atoms with Gasteiger partial charge in [-0.2, -0.15) is 0 Å². The summed E-state index contributed by atoms with van der Waals surface area (Å²) in [5.41, 5.74) is 3.48. The van der Waals surface area contributed by atoms with Crippen molar-refractivity contribution < 1.29 is 29.6 Å². The van der Waals surface area contributed by atoms with Crippen molar-refractivity contribution in [3.63, 3.8) is 0 Å². The van der Waals surface area contributed by atoms with E-state index >= 15 is 0 Å². The first kappa shape index (κ1) is 22.1. The van der Waals surface area contributed by atoms with Gasteiger partial charge in [-0.15, -0.1) is 0 Å². The Morgan fingerprint density at radius 3 is 2.83 bits per heavy atom. The van der Waals surface area contributed by atoms with Gasteiger partial charge in [0, 0.05) is 18.2 Å². The summed E-state index contributed by atoms with van der Waals surface area (Å²) < 4.78 is 10.4. The Bertz CT molecular complexity index is 869. The average molecular weight is 415 g/mol. The highest BCUT2D eigenvalue weighted by Crippen LogP contribution is 2.27. The summed E-state index contributed by atoms with van der Waals surface area (Å²) in [5.74, 6) is 0.275. The van der Waals surface area contributed by atoms with E-state index < -0.39 is 6.10 Å². The van der Waals surface area contributed by atoms with Gasteiger partial charge in [0.2, 0.25) is 0 Å². The summed E-state index contributed by atoms with van der Waals surface area (Å²) >= 11 is 0. The van der Waals surface area contributed by atoms with Gasteiger partial charge in [-0.3, -0.25) is 0 Å². The number of benzene rings is 2. The second-order valence-electron chi connectivity index (χ2n) is 7.43. The van der Waals surface area contributed by atoms with Crippen LogP contribution in [0.5, 0.6) is 11.5 Å². The van der Waals surface area contributed by atoms with Crippen LogP contribution in [0.2, 0.25) is 0 Å². The van der Waals surface area contributed by atoms with Crippen molar-refractivity contribution in [2.24, 2.45) is 0 Å². The van der Waals surface area contributed by atoms with E-state index in [9.17, 15) is 20.1 Å². The van der Waals surface area contributed by atoms with Crippen LogP contribution in [-0.4, -0.2) is 47.1 Å². The highest BCUT2D eigenvalue weighted by molar-refractivity contribution is 5.71. The molecule has 1 aliphatic carbocycles. The van der Waals surface area contributed by atoms with Crippen molar-refractivity contribution in [1.82, 2.24) is 5.32 Å². The quantitative estimate of drug-likeness (QED) is 0.464. The number of nitrogens with one attached hydrogen (secondary N) is 1. The molecule has 0 saturated carbocycles. The monoisotopic (exact) mass is 415 g/mol. The van der Waals surface area contributed by atoms with E-state index in [0.29, 0.717) is 30.0 Å².